The minimum Gasteiger partial charge on any atom is -0.467 e. The van der Waals surface area contributed by atoms with Crippen LogP contribution in [0.3, 0.4) is 0 Å². The Morgan fingerprint density at radius 3 is 2.71 bits per heavy atom. The Labute approximate surface area is 140 Å². The molecule has 1 aliphatic rings. The number of aliphatic imine (C=N–C) groups is 1. The van der Waals surface area contributed by atoms with E-state index in [-0.39, 0.29) is 13.0 Å². The molecule has 2 atom stereocenters. The predicted octanol–water partition coefficient (Wildman–Crippen LogP) is 2.33. The first-order chi connectivity index (χ1) is 11.6. The van der Waals surface area contributed by atoms with Crippen molar-refractivity contribution in [3.05, 3.63) is 29.8 Å². The van der Waals surface area contributed by atoms with E-state index in [1.807, 2.05) is 19.1 Å². The lowest BCUT2D eigenvalue weighted by atomic mass is 9.95. The summed E-state index contributed by atoms with van der Waals surface area (Å²) in [7, 11) is 0. The molecule has 128 valence electrons. The van der Waals surface area contributed by atoms with E-state index in [4.69, 9.17) is 9.47 Å². The molecule has 6 heteroatoms. The number of fused-ring (bicyclic) bond motifs is 1. The number of esters is 1. The zero-order chi connectivity index (χ0) is 17.5. The third kappa shape index (κ3) is 4.07. The minimum atomic E-state index is -1.38. The van der Waals surface area contributed by atoms with Crippen LogP contribution in [-0.4, -0.2) is 36.6 Å². The number of Topliss-reactive ketones (excluding diaryl/α,β-unsaturated/α-hetero) is 2. The Bertz CT molecular complexity index is 653. The van der Waals surface area contributed by atoms with Crippen LogP contribution in [0.4, 0.5) is 0 Å². The van der Waals surface area contributed by atoms with Crippen LogP contribution in [0.5, 0.6) is 5.75 Å². The average molecular weight is 331 g/mol. The quantitative estimate of drug-likeness (QED) is 0.415. The smallest absolute Gasteiger partial charge is 0.322 e. The van der Waals surface area contributed by atoms with Crippen LogP contribution in [0.15, 0.2) is 29.3 Å². The number of nitrogens with zero attached hydrogens (tertiary/aromatic N) is 1. The summed E-state index contributed by atoms with van der Waals surface area (Å²) in [5.74, 6) is -3.04. The number of carbonyl (C=O) groups is 3. The molecule has 0 spiro atoms. The van der Waals surface area contributed by atoms with Gasteiger partial charge in [0.2, 0.25) is 12.0 Å². The molecule has 1 aromatic carbocycles. The summed E-state index contributed by atoms with van der Waals surface area (Å²) in [5, 5.41) is 0. The molecule has 0 saturated heterocycles. The van der Waals surface area contributed by atoms with Crippen molar-refractivity contribution in [2.24, 2.45) is 10.9 Å². The Kier molecular flexibility index (Phi) is 6.23. The summed E-state index contributed by atoms with van der Waals surface area (Å²) in [6, 6.07) is 7.14. The second-order valence-corrected chi connectivity index (χ2v) is 5.45. The molecule has 0 aromatic heterocycles. The fraction of sp³-hybridized carbons (Fsp3) is 0.444. The molecule has 0 amide bonds. The fourth-order valence-electron chi connectivity index (χ4n) is 2.38. The highest BCUT2D eigenvalue weighted by molar-refractivity contribution is 6.41. The lowest BCUT2D eigenvalue weighted by Gasteiger charge is -2.25. The molecule has 0 fully saturated rings. The van der Waals surface area contributed by atoms with E-state index in [2.05, 4.69) is 4.99 Å². The second kappa shape index (κ2) is 8.38. The molecule has 0 N–H and O–H groups in total. The third-order valence-electron chi connectivity index (χ3n) is 3.67. The summed E-state index contributed by atoms with van der Waals surface area (Å²) in [6.07, 6.45) is 1.95. The minimum absolute atomic E-state index is 0.109. The van der Waals surface area contributed by atoms with Gasteiger partial charge < -0.3 is 9.47 Å². The fourth-order valence-corrected chi connectivity index (χ4v) is 2.38. The number of carbonyl (C=O) groups excluding carboxylic acids is 3. The van der Waals surface area contributed by atoms with Gasteiger partial charge in [0, 0.05) is 18.2 Å². The largest absolute Gasteiger partial charge is 0.467 e. The Morgan fingerprint density at radius 2 is 2.00 bits per heavy atom. The topological polar surface area (TPSA) is 82.0 Å². The number of hydrogen-bond donors (Lipinski definition) is 0. The summed E-state index contributed by atoms with van der Waals surface area (Å²) in [6.45, 7) is 3.67. The Balaban J connectivity index is 2.23. The number of hydrogen-bond acceptors (Lipinski definition) is 6. The van der Waals surface area contributed by atoms with Gasteiger partial charge in [-0.05, 0) is 25.5 Å². The molecule has 6 nitrogen and oxygen atoms in total. The van der Waals surface area contributed by atoms with Gasteiger partial charge >= 0.3 is 5.97 Å². The van der Waals surface area contributed by atoms with Gasteiger partial charge in [-0.15, -0.1) is 0 Å². The number of benzene rings is 1. The summed E-state index contributed by atoms with van der Waals surface area (Å²) < 4.78 is 10.6. The molecular formula is C18H21NO5. The van der Waals surface area contributed by atoms with Gasteiger partial charge in [0.25, 0.3) is 0 Å². The van der Waals surface area contributed by atoms with Gasteiger partial charge in [-0.1, -0.05) is 25.5 Å². The Hall–Kier alpha value is -2.50. The highest BCUT2D eigenvalue weighted by Crippen LogP contribution is 2.26. The lowest BCUT2D eigenvalue weighted by Crippen LogP contribution is -2.43. The number of rotatable bonds is 8. The molecule has 1 aliphatic heterocycles. The van der Waals surface area contributed by atoms with Crippen molar-refractivity contribution < 1.29 is 23.9 Å². The molecule has 0 saturated carbocycles. The van der Waals surface area contributed by atoms with Crippen LogP contribution in [0.25, 0.3) is 0 Å². The molecule has 2 rings (SSSR count). The van der Waals surface area contributed by atoms with E-state index in [0.29, 0.717) is 12.2 Å². The van der Waals surface area contributed by atoms with Crippen molar-refractivity contribution in [2.75, 3.05) is 6.61 Å². The maximum absolute atomic E-state index is 12.5. The van der Waals surface area contributed by atoms with Crippen molar-refractivity contribution >= 4 is 23.8 Å². The zero-order valence-electron chi connectivity index (χ0n) is 13.9. The summed E-state index contributed by atoms with van der Waals surface area (Å²) in [5.41, 5.74) is 0.751. The van der Waals surface area contributed by atoms with Crippen molar-refractivity contribution in [1.29, 1.82) is 0 Å². The first-order valence-corrected chi connectivity index (χ1v) is 8.11. The van der Waals surface area contributed by atoms with Gasteiger partial charge in [-0.3, -0.25) is 14.4 Å². The number of ketones is 2. The summed E-state index contributed by atoms with van der Waals surface area (Å²) >= 11 is 0. The molecule has 0 bridgehead atoms. The van der Waals surface area contributed by atoms with Crippen LogP contribution < -0.4 is 4.74 Å². The summed E-state index contributed by atoms with van der Waals surface area (Å²) in [4.78, 5) is 40.9. The number of unbranched alkanes of at least 4 members (excludes halogenated alkanes) is 1. The molecule has 0 radical (unpaired) electrons. The SMILES string of the molecule is CCCCC(=O)C(=O)C(C(=O)OCC)C1N=Cc2ccccc2O1. The van der Waals surface area contributed by atoms with Crippen LogP contribution in [0.2, 0.25) is 0 Å². The van der Waals surface area contributed by atoms with E-state index in [9.17, 15) is 14.4 Å². The van der Waals surface area contributed by atoms with Gasteiger partial charge in [-0.25, -0.2) is 4.99 Å². The van der Waals surface area contributed by atoms with E-state index in [0.717, 1.165) is 12.0 Å². The van der Waals surface area contributed by atoms with E-state index >= 15 is 0 Å². The van der Waals surface area contributed by atoms with Gasteiger partial charge in [0.05, 0.1) is 6.61 Å². The predicted molar refractivity (Wildman–Crippen MR) is 88.1 cm³/mol. The number of para-hydroxylation sites is 1. The highest BCUT2D eigenvalue weighted by atomic mass is 16.5. The highest BCUT2D eigenvalue weighted by Gasteiger charge is 2.41. The van der Waals surface area contributed by atoms with Crippen LogP contribution in [0, 0.1) is 5.92 Å². The molecule has 2 unspecified atom stereocenters. The third-order valence-corrected chi connectivity index (χ3v) is 3.67. The van der Waals surface area contributed by atoms with E-state index in [1.165, 1.54) is 0 Å². The van der Waals surface area contributed by atoms with Crippen LogP contribution >= 0.6 is 0 Å². The maximum atomic E-state index is 12.5. The van der Waals surface area contributed by atoms with Crippen molar-refractivity contribution in [2.45, 2.75) is 39.3 Å². The van der Waals surface area contributed by atoms with Crippen LogP contribution in [-0.2, 0) is 19.1 Å². The van der Waals surface area contributed by atoms with Crippen molar-refractivity contribution in [3.63, 3.8) is 0 Å². The van der Waals surface area contributed by atoms with Crippen molar-refractivity contribution in [3.8, 4) is 5.75 Å². The van der Waals surface area contributed by atoms with E-state index < -0.39 is 29.7 Å². The molecule has 1 aromatic rings. The second-order valence-electron chi connectivity index (χ2n) is 5.45. The van der Waals surface area contributed by atoms with Gasteiger partial charge in [0.1, 0.15) is 5.75 Å². The monoisotopic (exact) mass is 331 g/mol. The molecule has 1 heterocycles. The number of ether oxygens (including phenoxy) is 2. The lowest BCUT2D eigenvalue weighted by molar-refractivity contribution is -0.158. The zero-order valence-corrected chi connectivity index (χ0v) is 13.9. The molecule has 0 aliphatic carbocycles. The Morgan fingerprint density at radius 1 is 1.25 bits per heavy atom. The van der Waals surface area contributed by atoms with Gasteiger partial charge in [0.15, 0.2) is 11.7 Å². The van der Waals surface area contributed by atoms with Gasteiger partial charge in [-0.2, -0.15) is 0 Å². The first-order valence-electron chi connectivity index (χ1n) is 8.11. The normalized spacial score (nSPS) is 16.7. The maximum Gasteiger partial charge on any atom is 0.322 e. The molecule has 24 heavy (non-hydrogen) atoms. The standard InChI is InChI=1S/C18H21NO5/c1-3-5-9-13(20)16(21)15(18(22)23-4-2)17-19-11-12-8-6-7-10-14(12)24-17/h6-8,10-11,15,17H,3-5,9H2,1-2H3. The van der Waals surface area contributed by atoms with Crippen molar-refractivity contribution in [1.82, 2.24) is 0 Å². The van der Waals surface area contributed by atoms with Crippen LogP contribution in [0.1, 0.15) is 38.7 Å². The molecular weight excluding hydrogens is 310 g/mol. The van der Waals surface area contributed by atoms with E-state index in [1.54, 1.807) is 25.3 Å². The first kappa shape index (κ1) is 17.8. The average Bonchev–Trinajstić information content (AvgIpc) is 2.59.